The van der Waals surface area contributed by atoms with Gasteiger partial charge in [-0.05, 0) is 68.8 Å². The summed E-state index contributed by atoms with van der Waals surface area (Å²) < 4.78 is 0. The number of aryl methyl sites for hydroxylation is 1. The molecule has 0 aromatic carbocycles. The highest BCUT2D eigenvalue weighted by atomic mass is 32.1. The van der Waals surface area contributed by atoms with Crippen LogP contribution in [0.2, 0.25) is 0 Å². The summed E-state index contributed by atoms with van der Waals surface area (Å²) >= 11 is 1.49. The van der Waals surface area contributed by atoms with E-state index in [9.17, 15) is 9.59 Å². The van der Waals surface area contributed by atoms with E-state index in [-0.39, 0.29) is 11.3 Å². The van der Waals surface area contributed by atoms with Crippen molar-refractivity contribution < 1.29 is 9.59 Å². The van der Waals surface area contributed by atoms with Crippen LogP contribution in [0.4, 0.5) is 5.00 Å². The second kappa shape index (κ2) is 5.33. The number of nitrogens with one attached hydrogen (secondary N) is 1. The second-order valence-corrected chi connectivity index (χ2v) is 8.96. The van der Waals surface area contributed by atoms with Gasteiger partial charge in [0.2, 0.25) is 5.91 Å². The molecular weight excluding hydrogens is 308 g/mol. The van der Waals surface area contributed by atoms with E-state index in [0.717, 1.165) is 48.3 Å². The molecule has 3 N–H and O–H groups in total. The molecule has 4 fully saturated rings. The molecule has 5 heteroatoms. The first kappa shape index (κ1) is 15.2. The molecule has 0 spiro atoms. The quantitative estimate of drug-likeness (QED) is 0.885. The van der Waals surface area contributed by atoms with Gasteiger partial charge in [-0.2, -0.15) is 0 Å². The lowest BCUT2D eigenvalue weighted by atomic mass is 9.49. The Labute approximate surface area is 140 Å². The Hall–Kier alpha value is -1.36. The fourth-order valence-electron chi connectivity index (χ4n) is 5.52. The summed E-state index contributed by atoms with van der Waals surface area (Å²) in [6, 6.07) is 1.82. The number of rotatable bonds is 4. The number of amides is 2. The van der Waals surface area contributed by atoms with Crippen LogP contribution in [0.5, 0.6) is 0 Å². The van der Waals surface area contributed by atoms with Gasteiger partial charge in [-0.1, -0.05) is 6.92 Å². The maximum absolute atomic E-state index is 13.1. The van der Waals surface area contributed by atoms with Crippen molar-refractivity contribution in [3.63, 3.8) is 0 Å². The van der Waals surface area contributed by atoms with Gasteiger partial charge >= 0.3 is 0 Å². The van der Waals surface area contributed by atoms with Gasteiger partial charge in [0.25, 0.3) is 5.91 Å². The third kappa shape index (κ3) is 2.49. The number of thiophene rings is 1. The lowest BCUT2D eigenvalue weighted by Gasteiger charge is -2.55. The summed E-state index contributed by atoms with van der Waals surface area (Å²) in [6.45, 7) is 2.04. The average Bonchev–Trinajstić information content (AvgIpc) is 2.89. The molecule has 2 amide bonds. The maximum atomic E-state index is 13.1. The molecule has 1 heterocycles. The highest BCUT2D eigenvalue weighted by Gasteiger charge is 2.54. The van der Waals surface area contributed by atoms with Gasteiger partial charge in [0, 0.05) is 4.88 Å². The predicted molar refractivity (Wildman–Crippen MR) is 91.4 cm³/mol. The average molecular weight is 332 g/mol. The van der Waals surface area contributed by atoms with Gasteiger partial charge in [-0.3, -0.25) is 9.59 Å². The number of hydrogen-bond acceptors (Lipinski definition) is 3. The van der Waals surface area contributed by atoms with Crippen molar-refractivity contribution in [1.82, 2.24) is 0 Å². The maximum Gasteiger partial charge on any atom is 0.251 e. The van der Waals surface area contributed by atoms with E-state index in [1.54, 1.807) is 0 Å². The second-order valence-electron chi connectivity index (χ2n) is 7.83. The summed E-state index contributed by atoms with van der Waals surface area (Å²) in [7, 11) is 0. The van der Waals surface area contributed by atoms with E-state index in [4.69, 9.17) is 5.73 Å². The van der Waals surface area contributed by atoms with Crippen molar-refractivity contribution >= 4 is 28.2 Å². The lowest BCUT2D eigenvalue weighted by Crippen LogP contribution is -2.51. The van der Waals surface area contributed by atoms with Crippen molar-refractivity contribution in [2.75, 3.05) is 5.32 Å². The van der Waals surface area contributed by atoms with E-state index in [1.807, 2.05) is 13.0 Å². The molecule has 124 valence electrons. The Kier molecular flexibility index (Phi) is 3.52. The highest BCUT2D eigenvalue weighted by Crippen LogP contribution is 2.60. The van der Waals surface area contributed by atoms with Crippen molar-refractivity contribution in [2.45, 2.75) is 51.9 Å². The number of carbonyl (C=O) groups is 2. The molecule has 4 saturated carbocycles. The van der Waals surface area contributed by atoms with Crippen LogP contribution < -0.4 is 11.1 Å². The Morgan fingerprint density at radius 1 is 1.22 bits per heavy atom. The summed E-state index contributed by atoms with van der Waals surface area (Å²) in [5.41, 5.74) is 5.75. The Bertz CT molecular complexity index is 629. The summed E-state index contributed by atoms with van der Waals surface area (Å²) in [5, 5.41) is 3.73. The monoisotopic (exact) mass is 332 g/mol. The molecule has 23 heavy (non-hydrogen) atoms. The van der Waals surface area contributed by atoms with Crippen LogP contribution >= 0.6 is 11.3 Å². The Balaban J connectivity index is 1.59. The number of nitrogens with two attached hydrogens (primary N) is 1. The minimum Gasteiger partial charge on any atom is -0.366 e. The molecule has 1 aromatic heterocycles. The smallest absolute Gasteiger partial charge is 0.251 e. The van der Waals surface area contributed by atoms with Crippen LogP contribution in [0.15, 0.2) is 6.07 Å². The van der Waals surface area contributed by atoms with Gasteiger partial charge < -0.3 is 11.1 Å². The first-order valence-electron chi connectivity index (χ1n) is 8.73. The minimum atomic E-state index is -0.457. The summed E-state index contributed by atoms with van der Waals surface area (Å²) in [6.07, 6.45) is 7.89. The van der Waals surface area contributed by atoms with Gasteiger partial charge in [-0.15, -0.1) is 11.3 Å². The molecule has 5 rings (SSSR count). The van der Waals surface area contributed by atoms with Crippen LogP contribution in [0.25, 0.3) is 0 Å². The molecule has 4 aliphatic rings. The van der Waals surface area contributed by atoms with Crippen LogP contribution in [-0.4, -0.2) is 11.8 Å². The zero-order valence-electron chi connectivity index (χ0n) is 13.6. The van der Waals surface area contributed by atoms with E-state index in [1.165, 1.54) is 30.6 Å². The first-order valence-corrected chi connectivity index (χ1v) is 9.54. The summed E-state index contributed by atoms with van der Waals surface area (Å²) in [4.78, 5) is 25.8. The number of hydrogen-bond donors (Lipinski definition) is 2. The lowest BCUT2D eigenvalue weighted by molar-refractivity contribution is -0.140. The van der Waals surface area contributed by atoms with Crippen LogP contribution in [0.3, 0.4) is 0 Å². The van der Waals surface area contributed by atoms with Crippen molar-refractivity contribution in [1.29, 1.82) is 0 Å². The van der Waals surface area contributed by atoms with E-state index in [2.05, 4.69) is 5.32 Å². The predicted octanol–water partition coefficient (Wildman–Crippen LogP) is 3.56. The number of anilines is 1. The molecule has 0 radical (unpaired) electrons. The van der Waals surface area contributed by atoms with Crippen LogP contribution in [-0.2, 0) is 11.2 Å². The van der Waals surface area contributed by atoms with E-state index < -0.39 is 5.91 Å². The van der Waals surface area contributed by atoms with Gasteiger partial charge in [0.15, 0.2) is 0 Å². The van der Waals surface area contributed by atoms with E-state index in [0.29, 0.717) is 10.6 Å². The van der Waals surface area contributed by atoms with Crippen molar-refractivity contribution in [2.24, 2.45) is 28.9 Å². The van der Waals surface area contributed by atoms with Gasteiger partial charge in [-0.25, -0.2) is 0 Å². The number of primary amides is 1. The zero-order valence-corrected chi connectivity index (χ0v) is 14.4. The molecule has 1 aromatic rings. The first-order chi connectivity index (χ1) is 11.0. The van der Waals surface area contributed by atoms with E-state index >= 15 is 0 Å². The summed E-state index contributed by atoms with van der Waals surface area (Å²) in [5.74, 6) is 1.87. The SMILES string of the molecule is CCc1cc(C(N)=O)c(NC(=O)C23CC4CC(CC(C4)C2)C3)s1. The fourth-order valence-corrected chi connectivity index (χ4v) is 6.51. The van der Waals surface area contributed by atoms with Crippen LogP contribution in [0.1, 0.15) is 60.7 Å². The molecular formula is C18H24N2O2S. The Morgan fingerprint density at radius 3 is 2.26 bits per heavy atom. The largest absolute Gasteiger partial charge is 0.366 e. The topological polar surface area (TPSA) is 72.2 Å². The standard InChI is InChI=1S/C18H24N2O2S/c1-2-13-6-14(15(19)21)16(23-13)20-17(22)18-7-10-3-11(8-18)5-12(4-10)9-18/h6,10-12H,2-5,7-9H2,1H3,(H2,19,21)(H,20,22). The molecule has 0 unspecified atom stereocenters. The third-order valence-electron chi connectivity index (χ3n) is 6.14. The molecule has 4 nitrogen and oxygen atoms in total. The number of carbonyl (C=O) groups excluding carboxylic acids is 2. The van der Waals surface area contributed by atoms with Gasteiger partial charge in [0.1, 0.15) is 5.00 Å². The minimum absolute atomic E-state index is 0.128. The Morgan fingerprint density at radius 2 is 1.78 bits per heavy atom. The third-order valence-corrected chi connectivity index (χ3v) is 7.34. The molecule has 4 bridgehead atoms. The molecule has 4 aliphatic carbocycles. The van der Waals surface area contributed by atoms with Gasteiger partial charge in [0.05, 0.1) is 11.0 Å². The van der Waals surface area contributed by atoms with Crippen molar-refractivity contribution in [3.8, 4) is 0 Å². The van der Waals surface area contributed by atoms with Crippen molar-refractivity contribution in [3.05, 3.63) is 16.5 Å². The molecule has 0 aliphatic heterocycles. The normalized spacial score (nSPS) is 34.6. The zero-order chi connectivity index (χ0) is 16.2. The highest BCUT2D eigenvalue weighted by molar-refractivity contribution is 7.16. The molecule has 0 atom stereocenters. The molecule has 0 saturated heterocycles. The fraction of sp³-hybridized carbons (Fsp3) is 0.667. The van der Waals surface area contributed by atoms with Crippen LogP contribution in [0, 0.1) is 23.2 Å².